The van der Waals surface area contributed by atoms with Crippen LogP contribution >= 0.6 is 11.6 Å². The van der Waals surface area contributed by atoms with Gasteiger partial charge in [-0.1, -0.05) is 63.1 Å². The number of H-pyrrole nitrogens is 1. The van der Waals surface area contributed by atoms with Crippen LogP contribution in [-0.2, 0) is 16.4 Å². The Kier molecular flexibility index (Phi) is 7.91. The van der Waals surface area contributed by atoms with Gasteiger partial charge >= 0.3 is 0 Å². The van der Waals surface area contributed by atoms with Gasteiger partial charge in [-0.05, 0) is 36.0 Å². The number of tetrazole rings is 1. The zero-order valence-corrected chi connectivity index (χ0v) is 21.7. The molecule has 0 spiro atoms. The zero-order chi connectivity index (χ0) is 25.1. The van der Waals surface area contributed by atoms with E-state index in [4.69, 9.17) is 11.6 Å². The first-order valence-electron chi connectivity index (χ1n) is 11.2. The third-order valence-electron chi connectivity index (χ3n) is 5.85. The molecule has 3 rings (SSSR count). The van der Waals surface area contributed by atoms with Gasteiger partial charge in [-0.3, -0.25) is 4.99 Å². The second-order valence-electron chi connectivity index (χ2n) is 9.59. The van der Waals surface area contributed by atoms with Crippen molar-refractivity contribution < 1.29 is 13.5 Å². The Morgan fingerprint density at radius 2 is 1.88 bits per heavy atom. The number of aliphatic hydroxyl groups excluding tert-OH is 1. The Morgan fingerprint density at radius 3 is 2.38 bits per heavy atom. The minimum Gasteiger partial charge on any atom is -0.390 e. The molecule has 1 aromatic heterocycles. The van der Waals surface area contributed by atoms with E-state index in [0.717, 1.165) is 18.4 Å². The Hall–Kier alpha value is -2.21. The molecule has 0 saturated carbocycles. The summed E-state index contributed by atoms with van der Waals surface area (Å²) in [7, 11) is -2.32. The summed E-state index contributed by atoms with van der Waals surface area (Å²) in [6.45, 7) is 7.59. The number of halogens is 1. The second-order valence-corrected chi connectivity index (χ2v) is 11.9. The van der Waals surface area contributed by atoms with Gasteiger partial charge in [0, 0.05) is 13.5 Å². The molecule has 1 aliphatic heterocycles. The van der Waals surface area contributed by atoms with Crippen LogP contribution in [-0.4, -0.2) is 68.7 Å². The van der Waals surface area contributed by atoms with Gasteiger partial charge in [-0.25, -0.2) is 13.4 Å². The van der Waals surface area contributed by atoms with Crippen molar-refractivity contribution in [3.8, 4) is 0 Å². The summed E-state index contributed by atoms with van der Waals surface area (Å²) < 4.78 is 28.2. The maximum absolute atomic E-state index is 13.5. The Balaban J connectivity index is 1.87. The van der Waals surface area contributed by atoms with E-state index in [1.165, 1.54) is 11.4 Å². The van der Waals surface area contributed by atoms with Gasteiger partial charge in [0.1, 0.15) is 10.9 Å². The zero-order valence-electron chi connectivity index (χ0n) is 20.2. The summed E-state index contributed by atoms with van der Waals surface area (Å²) in [5.41, 5.74) is 0.00488. The molecular formula is C22H32ClN7O3S. The maximum Gasteiger partial charge on any atom is 0.243 e. The molecule has 2 heterocycles. The minimum absolute atomic E-state index is 0.159. The van der Waals surface area contributed by atoms with E-state index in [0.29, 0.717) is 24.4 Å². The molecule has 0 bridgehead atoms. The molecule has 0 fully saturated rings. The fourth-order valence-corrected chi connectivity index (χ4v) is 5.96. The van der Waals surface area contributed by atoms with E-state index in [9.17, 15) is 13.5 Å². The first kappa shape index (κ1) is 26.4. The largest absolute Gasteiger partial charge is 0.390 e. The molecule has 2 unspecified atom stereocenters. The summed E-state index contributed by atoms with van der Waals surface area (Å²) in [6.07, 6.45) is 3.01. The van der Waals surface area contributed by atoms with Crippen LogP contribution in [0.25, 0.3) is 0 Å². The first-order chi connectivity index (χ1) is 15.9. The van der Waals surface area contributed by atoms with Crippen LogP contribution in [0.15, 0.2) is 39.1 Å². The number of hydrogen-bond acceptors (Lipinski definition) is 8. The van der Waals surface area contributed by atoms with Gasteiger partial charge < -0.3 is 5.11 Å². The summed E-state index contributed by atoms with van der Waals surface area (Å²) >= 11 is 6.19. The van der Waals surface area contributed by atoms with Crippen molar-refractivity contribution >= 4 is 32.5 Å². The summed E-state index contributed by atoms with van der Waals surface area (Å²) in [4.78, 5) is 9.32. The van der Waals surface area contributed by atoms with Crippen LogP contribution in [0.1, 0.15) is 64.4 Å². The molecule has 0 aliphatic carbocycles. The van der Waals surface area contributed by atoms with Crippen LogP contribution < -0.4 is 0 Å². The number of hydrogen-bond donors (Lipinski definition) is 2. The molecule has 2 N–H and O–H groups in total. The highest BCUT2D eigenvalue weighted by Gasteiger charge is 2.40. The molecule has 0 radical (unpaired) electrons. The number of sulfonamides is 1. The number of benzene rings is 1. The van der Waals surface area contributed by atoms with E-state index < -0.39 is 27.1 Å². The molecule has 1 aliphatic rings. The molecule has 0 saturated heterocycles. The Morgan fingerprint density at radius 1 is 1.21 bits per heavy atom. The van der Waals surface area contributed by atoms with E-state index in [1.807, 2.05) is 20.8 Å². The van der Waals surface area contributed by atoms with Crippen LogP contribution in [0, 0.1) is 5.41 Å². The normalized spacial score (nSPS) is 19.9. The third kappa shape index (κ3) is 5.54. The molecule has 2 aromatic rings. The fourth-order valence-electron chi connectivity index (χ4n) is 4.20. The molecule has 12 heteroatoms. The number of aliphatic hydroxyl groups is 1. The van der Waals surface area contributed by atoms with E-state index in [-0.39, 0.29) is 16.7 Å². The lowest BCUT2D eigenvalue weighted by Gasteiger charge is -2.34. The fraction of sp³-hybridized carbons (Fsp3) is 0.591. The highest BCUT2D eigenvalue weighted by molar-refractivity contribution is 7.89. The van der Waals surface area contributed by atoms with Gasteiger partial charge in [0.25, 0.3) is 0 Å². The number of aromatic nitrogens is 4. The van der Waals surface area contributed by atoms with E-state index >= 15 is 0 Å². The number of aromatic amines is 1. The van der Waals surface area contributed by atoms with Crippen molar-refractivity contribution in [3.05, 3.63) is 35.7 Å². The van der Waals surface area contributed by atoms with Crippen molar-refractivity contribution in [3.63, 3.8) is 0 Å². The summed E-state index contributed by atoms with van der Waals surface area (Å²) in [6, 6.07) is 6.09. The summed E-state index contributed by atoms with van der Waals surface area (Å²) in [5.74, 6) is 0.307. The van der Waals surface area contributed by atoms with Crippen molar-refractivity contribution in [2.45, 2.75) is 70.0 Å². The van der Waals surface area contributed by atoms with Crippen LogP contribution in [0.5, 0.6) is 0 Å². The topological polar surface area (TPSA) is 137 Å². The highest BCUT2D eigenvalue weighted by atomic mass is 35.5. The van der Waals surface area contributed by atoms with Gasteiger partial charge in [0.05, 0.1) is 17.5 Å². The lowest BCUT2D eigenvalue weighted by Crippen LogP contribution is -2.39. The molecule has 2 atom stereocenters. The minimum atomic E-state index is -3.84. The lowest BCUT2D eigenvalue weighted by molar-refractivity contribution is 0.191. The van der Waals surface area contributed by atoms with Gasteiger partial charge in [-0.2, -0.15) is 9.52 Å². The van der Waals surface area contributed by atoms with Crippen molar-refractivity contribution in [2.75, 3.05) is 13.7 Å². The highest BCUT2D eigenvalue weighted by Crippen LogP contribution is 2.38. The smallest absolute Gasteiger partial charge is 0.243 e. The van der Waals surface area contributed by atoms with Gasteiger partial charge in [-0.15, -0.1) is 10.2 Å². The summed E-state index contributed by atoms with van der Waals surface area (Å²) in [5, 5.41) is 23.8. The number of nitrogens with one attached hydrogen (secondary N) is 1. The average Bonchev–Trinajstić information content (AvgIpc) is 3.40. The van der Waals surface area contributed by atoms with Crippen LogP contribution in [0.4, 0.5) is 0 Å². The van der Waals surface area contributed by atoms with Crippen molar-refractivity contribution in [1.82, 2.24) is 24.9 Å². The third-order valence-corrected chi connectivity index (χ3v) is 7.99. The second kappa shape index (κ2) is 10.2. The quantitative estimate of drug-likeness (QED) is 0.504. The number of nitrogens with zero attached hydrogens (tertiary/aromatic N) is 6. The number of rotatable bonds is 10. The van der Waals surface area contributed by atoms with E-state index in [2.05, 4.69) is 37.5 Å². The lowest BCUT2D eigenvalue weighted by atomic mass is 9.86. The first-order valence-corrected chi connectivity index (χ1v) is 13.0. The van der Waals surface area contributed by atoms with Crippen molar-refractivity contribution in [1.29, 1.82) is 0 Å². The van der Waals surface area contributed by atoms with Crippen LogP contribution in [0.3, 0.4) is 0 Å². The number of unbranched alkanes of at least 4 members (excludes halogenated alkanes) is 1. The van der Waals surface area contributed by atoms with Gasteiger partial charge in [0.15, 0.2) is 11.5 Å². The molecule has 0 amide bonds. The molecule has 10 nitrogen and oxygen atoms in total. The predicted octanol–water partition coefficient (Wildman–Crippen LogP) is 3.12. The predicted molar refractivity (Wildman–Crippen MR) is 132 cm³/mol. The standard InChI is InChI=1S/C22H32ClN7O3S/c1-6-7-12-22(24-17(14-31)19(23)25-22)13-15-8-10-16(11-9-15)34(32,33)30(5)18(21(2,3)4)20-26-28-29-27-20/h8-11,18,31H,6-7,12-14H2,1-5H3,(H,26,27,28,29). The molecular weight excluding hydrogens is 478 g/mol. The molecule has 1 aromatic carbocycles. The monoisotopic (exact) mass is 509 g/mol. The Labute approximate surface area is 205 Å². The van der Waals surface area contributed by atoms with Crippen molar-refractivity contribution in [2.24, 2.45) is 15.4 Å². The average molecular weight is 510 g/mol. The molecule has 34 heavy (non-hydrogen) atoms. The van der Waals surface area contributed by atoms with Crippen LogP contribution in [0.2, 0.25) is 0 Å². The molecule has 186 valence electrons. The number of aliphatic imine (C=N–C) groups is 2. The van der Waals surface area contributed by atoms with Gasteiger partial charge in [0.2, 0.25) is 10.0 Å². The SMILES string of the molecule is CCCCC1(Cc2ccc(S(=O)(=O)N(C)C(c3nn[nH]n3)C(C)(C)C)cc2)N=C(Cl)C(CO)=N1. The van der Waals surface area contributed by atoms with E-state index in [1.54, 1.807) is 24.3 Å². The maximum atomic E-state index is 13.5. The Bertz CT molecular complexity index is 1140.